The van der Waals surface area contributed by atoms with Gasteiger partial charge in [0.1, 0.15) is 5.92 Å². The van der Waals surface area contributed by atoms with E-state index < -0.39 is 17.4 Å². The summed E-state index contributed by atoms with van der Waals surface area (Å²) in [4.78, 5) is 34.4. The van der Waals surface area contributed by atoms with E-state index >= 15 is 0 Å². The molecule has 200 valence electrons. The summed E-state index contributed by atoms with van der Waals surface area (Å²) in [5.74, 6) is -0.0304. The molecule has 0 unspecified atom stereocenters. The number of allylic oxidation sites excluding steroid dienone is 1. The molecule has 1 aromatic carbocycles. The predicted octanol–water partition coefficient (Wildman–Crippen LogP) is 4.67. The Bertz CT molecular complexity index is 1370. The van der Waals surface area contributed by atoms with Gasteiger partial charge in [0.05, 0.1) is 40.8 Å². The minimum atomic E-state index is -0.728. The van der Waals surface area contributed by atoms with Gasteiger partial charge in [0.25, 0.3) is 5.88 Å². The SMILES string of the molecule is COc1cc([C@@H](C(=O)N2C[C@H](O)C[C@@H]2C2=CC(=O)[C@](C)(c3ccc(-c4scnc4C)cc3)C2)C(C)C)on1. The number of aliphatic hydroxyl groups excluding tert-OH is 1. The zero-order valence-corrected chi connectivity index (χ0v) is 23.1. The molecular weight excluding hydrogens is 502 g/mol. The van der Waals surface area contributed by atoms with Gasteiger partial charge in [-0.3, -0.25) is 9.59 Å². The third kappa shape index (κ3) is 4.58. The Labute approximate surface area is 226 Å². The third-order valence-electron chi connectivity index (χ3n) is 7.89. The van der Waals surface area contributed by atoms with Crippen molar-refractivity contribution in [1.82, 2.24) is 15.0 Å². The number of likely N-dealkylation sites (tertiary alicyclic amines) is 1. The highest BCUT2D eigenvalue weighted by molar-refractivity contribution is 7.13. The number of aryl methyl sites for hydroxylation is 1. The summed E-state index contributed by atoms with van der Waals surface area (Å²) in [7, 11) is 1.50. The molecule has 4 atom stereocenters. The number of benzene rings is 1. The number of hydrogen-bond donors (Lipinski definition) is 1. The summed E-state index contributed by atoms with van der Waals surface area (Å²) >= 11 is 1.60. The first-order valence-corrected chi connectivity index (χ1v) is 13.8. The summed E-state index contributed by atoms with van der Waals surface area (Å²) in [5.41, 5.74) is 4.99. The van der Waals surface area contributed by atoms with E-state index in [4.69, 9.17) is 9.26 Å². The first kappa shape index (κ1) is 26.3. The fourth-order valence-corrected chi connectivity index (χ4v) is 6.55. The minimum absolute atomic E-state index is 0.0170. The van der Waals surface area contributed by atoms with Crippen molar-refractivity contribution in [3.63, 3.8) is 0 Å². The highest BCUT2D eigenvalue weighted by atomic mass is 32.1. The van der Waals surface area contributed by atoms with Crippen molar-refractivity contribution in [3.05, 3.63) is 64.5 Å². The van der Waals surface area contributed by atoms with E-state index in [0.717, 1.165) is 27.3 Å². The van der Waals surface area contributed by atoms with E-state index in [0.29, 0.717) is 24.5 Å². The number of carbonyl (C=O) groups is 2. The third-order valence-corrected chi connectivity index (χ3v) is 8.87. The first-order chi connectivity index (χ1) is 18.1. The molecular formula is C29H33N3O5S. The maximum Gasteiger partial charge on any atom is 0.254 e. The van der Waals surface area contributed by atoms with Crippen LogP contribution in [-0.4, -0.2) is 57.6 Å². The number of aliphatic hydroxyl groups is 1. The Balaban J connectivity index is 1.39. The van der Waals surface area contributed by atoms with Crippen molar-refractivity contribution in [2.75, 3.05) is 13.7 Å². The number of hydrogen-bond acceptors (Lipinski definition) is 8. The lowest BCUT2D eigenvalue weighted by Gasteiger charge is -2.31. The number of aromatic nitrogens is 2. The Morgan fingerprint density at radius 2 is 2.03 bits per heavy atom. The van der Waals surface area contributed by atoms with Gasteiger partial charge in [0, 0.05) is 12.6 Å². The monoisotopic (exact) mass is 535 g/mol. The van der Waals surface area contributed by atoms with Crippen molar-refractivity contribution in [2.24, 2.45) is 5.92 Å². The highest BCUT2D eigenvalue weighted by Crippen LogP contribution is 2.43. The quantitative estimate of drug-likeness (QED) is 0.469. The number of ketones is 1. The van der Waals surface area contributed by atoms with Crippen molar-refractivity contribution in [2.45, 2.75) is 64.0 Å². The molecule has 8 nitrogen and oxygen atoms in total. The van der Waals surface area contributed by atoms with Gasteiger partial charge >= 0.3 is 0 Å². The number of nitrogens with zero attached hydrogens (tertiary/aromatic N) is 3. The van der Waals surface area contributed by atoms with E-state index in [9.17, 15) is 14.7 Å². The van der Waals surface area contributed by atoms with Gasteiger partial charge in [-0.05, 0) is 60.5 Å². The van der Waals surface area contributed by atoms with Gasteiger partial charge in [-0.15, -0.1) is 11.3 Å². The van der Waals surface area contributed by atoms with Crippen LogP contribution in [-0.2, 0) is 15.0 Å². The van der Waals surface area contributed by atoms with Crippen LogP contribution in [0.15, 0.2) is 52.0 Å². The van der Waals surface area contributed by atoms with Crippen molar-refractivity contribution >= 4 is 23.0 Å². The molecule has 3 heterocycles. The van der Waals surface area contributed by atoms with Crippen LogP contribution in [0.3, 0.4) is 0 Å². The number of ether oxygens (including phenoxy) is 1. The molecule has 38 heavy (non-hydrogen) atoms. The molecule has 1 fully saturated rings. The topological polar surface area (TPSA) is 106 Å². The fraction of sp³-hybridized carbons (Fsp3) is 0.448. The number of rotatable bonds is 7. The van der Waals surface area contributed by atoms with Gasteiger partial charge in [0.15, 0.2) is 11.5 Å². The standard InChI is InChI=1S/C29H33N3O5S/c1-16(2)26(23-12-25(36-5)31-37-23)28(35)32-14-21(33)11-22(32)19-10-24(34)29(4,13-19)20-8-6-18(7-9-20)27-17(3)30-15-38-27/h6-10,12,15-16,21-22,26,33H,11,13-14H2,1-5H3/t21-,22-,26+,29+/m1/s1. The maximum absolute atomic E-state index is 13.9. The van der Waals surface area contributed by atoms with Crippen molar-refractivity contribution < 1.29 is 24.0 Å². The van der Waals surface area contributed by atoms with Gasteiger partial charge in [-0.1, -0.05) is 38.1 Å². The molecule has 9 heteroatoms. The summed E-state index contributed by atoms with van der Waals surface area (Å²) in [6.45, 7) is 8.06. The summed E-state index contributed by atoms with van der Waals surface area (Å²) < 4.78 is 10.6. The lowest BCUT2D eigenvalue weighted by atomic mass is 9.77. The average molecular weight is 536 g/mol. The molecule has 3 aromatic rings. The first-order valence-electron chi connectivity index (χ1n) is 12.9. The molecule has 1 N–H and O–H groups in total. The predicted molar refractivity (Wildman–Crippen MR) is 144 cm³/mol. The van der Waals surface area contributed by atoms with Crippen LogP contribution < -0.4 is 4.74 Å². The van der Waals surface area contributed by atoms with Crippen LogP contribution in [0.4, 0.5) is 0 Å². The Morgan fingerprint density at radius 3 is 2.63 bits per heavy atom. The van der Waals surface area contributed by atoms with Gasteiger partial charge in [-0.25, -0.2) is 4.98 Å². The lowest BCUT2D eigenvalue weighted by Crippen LogP contribution is -2.41. The van der Waals surface area contributed by atoms with Gasteiger partial charge in [-0.2, -0.15) is 0 Å². The molecule has 2 aromatic heterocycles. The van der Waals surface area contributed by atoms with Crippen LogP contribution in [0.1, 0.15) is 56.5 Å². The fourth-order valence-electron chi connectivity index (χ4n) is 5.74. The Hall–Kier alpha value is -3.30. The molecule has 2 aliphatic rings. The molecule has 5 rings (SSSR count). The Kier molecular flexibility index (Phi) is 7.00. The number of thiazole rings is 1. The number of β-amino-alcohol motifs (C(OH)–C–C–N with tert-alkyl or cyclic N) is 1. The van der Waals surface area contributed by atoms with Crippen LogP contribution in [0, 0.1) is 12.8 Å². The van der Waals surface area contributed by atoms with E-state index in [-0.39, 0.29) is 30.2 Å². The summed E-state index contributed by atoms with van der Waals surface area (Å²) in [6, 6.07) is 9.40. The maximum atomic E-state index is 13.9. The molecule has 1 amide bonds. The van der Waals surface area contributed by atoms with Crippen molar-refractivity contribution in [1.29, 1.82) is 0 Å². The number of methoxy groups -OCH3 is 1. The zero-order valence-electron chi connectivity index (χ0n) is 22.3. The molecule has 1 aliphatic carbocycles. The van der Waals surface area contributed by atoms with Crippen LogP contribution in [0.25, 0.3) is 10.4 Å². The second-order valence-electron chi connectivity index (χ2n) is 10.8. The molecule has 1 aliphatic heterocycles. The van der Waals surface area contributed by atoms with Crippen molar-refractivity contribution in [3.8, 4) is 16.3 Å². The van der Waals surface area contributed by atoms with Crippen LogP contribution >= 0.6 is 11.3 Å². The largest absolute Gasteiger partial charge is 0.479 e. The Morgan fingerprint density at radius 1 is 1.29 bits per heavy atom. The molecule has 0 bridgehead atoms. The van der Waals surface area contributed by atoms with E-state index in [1.807, 2.05) is 57.5 Å². The van der Waals surface area contributed by atoms with E-state index in [1.165, 1.54) is 7.11 Å². The van der Waals surface area contributed by atoms with Crippen LogP contribution in [0.5, 0.6) is 5.88 Å². The van der Waals surface area contributed by atoms with E-state index in [2.05, 4.69) is 10.1 Å². The molecule has 0 radical (unpaired) electrons. The molecule has 1 saturated heterocycles. The summed E-state index contributed by atoms with van der Waals surface area (Å²) in [6.07, 6.45) is 1.92. The summed E-state index contributed by atoms with van der Waals surface area (Å²) in [5, 5.41) is 14.5. The zero-order chi connectivity index (χ0) is 27.2. The highest BCUT2D eigenvalue weighted by Gasteiger charge is 2.47. The number of carbonyl (C=O) groups excluding carboxylic acids is 2. The smallest absolute Gasteiger partial charge is 0.254 e. The lowest BCUT2D eigenvalue weighted by molar-refractivity contribution is -0.135. The normalized spacial score (nSPS) is 24.2. The average Bonchev–Trinajstić information content (AvgIpc) is 3.67. The van der Waals surface area contributed by atoms with Gasteiger partial charge in [0.2, 0.25) is 5.91 Å². The number of amides is 1. The molecule has 0 spiro atoms. The second-order valence-corrected chi connectivity index (χ2v) is 11.7. The van der Waals surface area contributed by atoms with E-state index in [1.54, 1.807) is 28.4 Å². The molecule has 0 saturated carbocycles. The minimum Gasteiger partial charge on any atom is -0.479 e. The van der Waals surface area contributed by atoms with Gasteiger partial charge < -0.3 is 19.3 Å². The van der Waals surface area contributed by atoms with Crippen LogP contribution in [0.2, 0.25) is 0 Å². The second kappa shape index (κ2) is 10.1.